The highest BCUT2D eigenvalue weighted by atomic mass is 32.1. The van der Waals surface area contributed by atoms with Crippen molar-refractivity contribution in [1.82, 2.24) is 9.55 Å². The molecule has 0 saturated carbocycles. The Balaban J connectivity index is 1.22. The summed E-state index contributed by atoms with van der Waals surface area (Å²) in [5.74, 6) is 0. The van der Waals surface area contributed by atoms with Gasteiger partial charge in [0, 0.05) is 47.8 Å². The van der Waals surface area contributed by atoms with E-state index < -0.39 is 0 Å². The lowest BCUT2D eigenvalue weighted by molar-refractivity contribution is 1.18. The first-order valence-corrected chi connectivity index (χ1v) is 17.8. The van der Waals surface area contributed by atoms with Crippen LogP contribution in [0.3, 0.4) is 0 Å². The Kier molecular flexibility index (Phi) is 6.71. The average Bonchev–Trinajstić information content (AvgIpc) is 3.74. The Hall–Kier alpha value is -6.29. The van der Waals surface area contributed by atoms with Crippen LogP contribution in [0.25, 0.3) is 92.4 Å². The van der Waals surface area contributed by atoms with Crippen molar-refractivity contribution in [3.8, 4) is 50.5 Å². The van der Waals surface area contributed by atoms with Crippen LogP contribution in [0, 0.1) is 0 Å². The molecular formula is C47H30N2S. The molecule has 0 N–H and O–H groups in total. The summed E-state index contributed by atoms with van der Waals surface area (Å²) >= 11 is 1.85. The van der Waals surface area contributed by atoms with E-state index in [2.05, 4.69) is 187 Å². The maximum atomic E-state index is 5.46. The summed E-state index contributed by atoms with van der Waals surface area (Å²) in [6.07, 6.45) is 0. The highest BCUT2D eigenvalue weighted by Crippen LogP contribution is 2.42. The highest BCUT2D eigenvalue weighted by molar-refractivity contribution is 7.26. The topological polar surface area (TPSA) is 17.8 Å². The molecule has 0 saturated heterocycles. The van der Waals surface area contributed by atoms with Crippen molar-refractivity contribution in [2.24, 2.45) is 0 Å². The first-order chi connectivity index (χ1) is 24.8. The predicted molar refractivity (Wildman–Crippen MR) is 213 cm³/mol. The third kappa shape index (κ3) is 4.74. The summed E-state index contributed by atoms with van der Waals surface area (Å²) in [6, 6.07) is 65.5. The number of rotatable bonds is 5. The number of benzene rings is 7. The molecule has 0 unspecified atom stereocenters. The van der Waals surface area contributed by atoms with E-state index in [-0.39, 0.29) is 0 Å². The molecule has 234 valence electrons. The quantitative estimate of drug-likeness (QED) is 0.181. The van der Waals surface area contributed by atoms with Gasteiger partial charge in [-0.3, -0.25) is 0 Å². The maximum Gasteiger partial charge on any atom is 0.0730 e. The van der Waals surface area contributed by atoms with Crippen LogP contribution in [0.5, 0.6) is 0 Å². The normalized spacial score (nSPS) is 11.6. The number of hydrogen-bond donors (Lipinski definition) is 0. The maximum absolute atomic E-state index is 5.46. The van der Waals surface area contributed by atoms with E-state index in [9.17, 15) is 0 Å². The van der Waals surface area contributed by atoms with Crippen LogP contribution in [-0.2, 0) is 0 Å². The van der Waals surface area contributed by atoms with Crippen molar-refractivity contribution in [2.45, 2.75) is 0 Å². The minimum absolute atomic E-state index is 0.951. The van der Waals surface area contributed by atoms with Crippen LogP contribution in [0.15, 0.2) is 182 Å². The standard InChI is InChI=1S/C47H30N2S/c1-3-13-31(14-4-1)32-15-11-16-33(27-32)35-28-42(48-43(29-35)41-22-12-21-40-39-20-8-10-24-46(39)50-47(40)41)34-25-26-38-37-19-7-9-23-44(37)49(45(38)30-34)36-17-5-2-6-18-36/h1-30H. The molecule has 0 aliphatic rings. The fraction of sp³-hybridized carbons (Fsp3) is 0. The van der Waals surface area contributed by atoms with E-state index in [0.29, 0.717) is 0 Å². The third-order valence-electron chi connectivity index (χ3n) is 9.79. The summed E-state index contributed by atoms with van der Waals surface area (Å²) in [5.41, 5.74) is 12.4. The number of aromatic nitrogens is 2. The van der Waals surface area contributed by atoms with Gasteiger partial charge in [0.05, 0.1) is 22.4 Å². The van der Waals surface area contributed by atoms with Gasteiger partial charge >= 0.3 is 0 Å². The Labute approximate surface area is 294 Å². The molecule has 3 aromatic heterocycles. The Bertz CT molecular complexity index is 2860. The Morgan fingerprint density at radius 2 is 1.02 bits per heavy atom. The van der Waals surface area contributed by atoms with Crippen molar-refractivity contribution < 1.29 is 0 Å². The van der Waals surface area contributed by atoms with E-state index >= 15 is 0 Å². The van der Waals surface area contributed by atoms with E-state index in [1.165, 1.54) is 58.7 Å². The lowest BCUT2D eigenvalue weighted by Gasteiger charge is -2.13. The monoisotopic (exact) mass is 654 g/mol. The van der Waals surface area contributed by atoms with Gasteiger partial charge in [0.2, 0.25) is 0 Å². The first-order valence-electron chi connectivity index (χ1n) is 17.0. The van der Waals surface area contributed by atoms with Gasteiger partial charge in [-0.05, 0) is 70.8 Å². The number of hydrogen-bond acceptors (Lipinski definition) is 2. The SMILES string of the molecule is c1ccc(-c2cccc(-c3cc(-c4ccc5c6ccccc6n(-c6ccccc6)c5c4)nc(-c4cccc5c4sc4ccccc45)c3)c2)cc1. The molecule has 0 radical (unpaired) electrons. The molecule has 3 heteroatoms. The van der Waals surface area contributed by atoms with Crippen molar-refractivity contribution >= 4 is 53.3 Å². The number of fused-ring (bicyclic) bond motifs is 6. The Morgan fingerprint density at radius 1 is 0.380 bits per heavy atom. The zero-order valence-electron chi connectivity index (χ0n) is 27.1. The molecule has 3 heterocycles. The van der Waals surface area contributed by atoms with Crippen LogP contribution in [0.4, 0.5) is 0 Å². The molecule has 0 fully saturated rings. The smallest absolute Gasteiger partial charge is 0.0730 e. The molecule has 0 bridgehead atoms. The summed E-state index contributed by atoms with van der Waals surface area (Å²) in [7, 11) is 0. The number of pyridine rings is 1. The minimum Gasteiger partial charge on any atom is -0.309 e. The third-order valence-corrected chi connectivity index (χ3v) is 11.0. The van der Waals surface area contributed by atoms with E-state index in [0.717, 1.165) is 33.8 Å². The van der Waals surface area contributed by atoms with Crippen molar-refractivity contribution in [3.05, 3.63) is 182 Å². The molecule has 10 rings (SSSR count). The fourth-order valence-corrected chi connectivity index (χ4v) is 8.65. The van der Waals surface area contributed by atoms with E-state index in [1.807, 2.05) is 11.3 Å². The molecule has 0 aliphatic carbocycles. The molecule has 0 atom stereocenters. The van der Waals surface area contributed by atoms with Crippen LogP contribution in [0.2, 0.25) is 0 Å². The van der Waals surface area contributed by atoms with Gasteiger partial charge in [-0.2, -0.15) is 0 Å². The molecule has 0 aliphatic heterocycles. The van der Waals surface area contributed by atoms with Gasteiger partial charge in [-0.25, -0.2) is 4.98 Å². The minimum atomic E-state index is 0.951. The van der Waals surface area contributed by atoms with Gasteiger partial charge in [0.25, 0.3) is 0 Å². The lowest BCUT2D eigenvalue weighted by Crippen LogP contribution is -1.94. The average molecular weight is 655 g/mol. The van der Waals surface area contributed by atoms with E-state index in [1.54, 1.807) is 0 Å². The van der Waals surface area contributed by atoms with Gasteiger partial charge in [0.1, 0.15) is 0 Å². The van der Waals surface area contributed by atoms with E-state index in [4.69, 9.17) is 4.98 Å². The summed E-state index contributed by atoms with van der Waals surface area (Å²) < 4.78 is 4.93. The van der Waals surface area contributed by atoms with Crippen molar-refractivity contribution in [2.75, 3.05) is 0 Å². The zero-order chi connectivity index (χ0) is 33.0. The number of nitrogens with zero attached hydrogens (tertiary/aromatic N) is 2. The first kappa shape index (κ1) is 28.7. The predicted octanol–water partition coefficient (Wildman–Crippen LogP) is 13.2. The summed E-state index contributed by atoms with van der Waals surface area (Å²) in [6.45, 7) is 0. The molecule has 10 aromatic rings. The molecule has 7 aromatic carbocycles. The molecule has 0 amide bonds. The second-order valence-corrected chi connectivity index (χ2v) is 13.8. The molecule has 2 nitrogen and oxygen atoms in total. The zero-order valence-corrected chi connectivity index (χ0v) is 27.9. The number of para-hydroxylation sites is 2. The second-order valence-electron chi connectivity index (χ2n) is 12.8. The van der Waals surface area contributed by atoms with Gasteiger partial charge < -0.3 is 4.57 Å². The number of thiophene rings is 1. The second kappa shape index (κ2) is 11.7. The van der Waals surface area contributed by atoms with Gasteiger partial charge in [0.15, 0.2) is 0 Å². The molecule has 0 spiro atoms. The van der Waals surface area contributed by atoms with Crippen LogP contribution >= 0.6 is 11.3 Å². The Morgan fingerprint density at radius 3 is 1.88 bits per heavy atom. The van der Waals surface area contributed by atoms with Gasteiger partial charge in [-0.15, -0.1) is 11.3 Å². The van der Waals surface area contributed by atoms with Gasteiger partial charge in [-0.1, -0.05) is 133 Å². The molecular weight excluding hydrogens is 625 g/mol. The van der Waals surface area contributed by atoms with Crippen molar-refractivity contribution in [3.63, 3.8) is 0 Å². The fourth-order valence-electron chi connectivity index (χ4n) is 7.43. The van der Waals surface area contributed by atoms with Crippen LogP contribution in [-0.4, -0.2) is 9.55 Å². The largest absolute Gasteiger partial charge is 0.309 e. The van der Waals surface area contributed by atoms with Crippen LogP contribution < -0.4 is 0 Å². The summed E-state index contributed by atoms with van der Waals surface area (Å²) in [5, 5.41) is 5.04. The highest BCUT2D eigenvalue weighted by Gasteiger charge is 2.17. The lowest BCUT2D eigenvalue weighted by atomic mass is 9.96. The summed E-state index contributed by atoms with van der Waals surface area (Å²) in [4.78, 5) is 5.46. The van der Waals surface area contributed by atoms with Crippen LogP contribution in [0.1, 0.15) is 0 Å². The van der Waals surface area contributed by atoms with Crippen molar-refractivity contribution in [1.29, 1.82) is 0 Å². The molecule has 50 heavy (non-hydrogen) atoms.